The van der Waals surface area contributed by atoms with Gasteiger partial charge in [0.2, 0.25) is 0 Å². The summed E-state index contributed by atoms with van der Waals surface area (Å²) >= 11 is 8.99. The summed E-state index contributed by atoms with van der Waals surface area (Å²) in [5.41, 5.74) is 1.82. The number of aromatic nitrogens is 2. The average molecular weight is 220 g/mol. The van der Waals surface area contributed by atoms with Crippen LogP contribution in [0.3, 0.4) is 0 Å². The molecule has 0 radical (unpaired) electrons. The molecule has 70 valence electrons. The first-order chi connectivity index (χ1) is 6.77. The summed E-state index contributed by atoms with van der Waals surface area (Å²) in [5, 5.41) is 0. The third-order valence-electron chi connectivity index (χ3n) is 1.85. The summed E-state index contributed by atoms with van der Waals surface area (Å²) in [6, 6.07) is 9.89. The molecule has 0 aliphatic rings. The second-order valence-electron chi connectivity index (χ2n) is 2.82. The van der Waals surface area contributed by atoms with E-state index < -0.39 is 0 Å². The van der Waals surface area contributed by atoms with Crippen LogP contribution >= 0.6 is 24.8 Å². The van der Waals surface area contributed by atoms with Gasteiger partial charge in [-0.3, -0.25) is 0 Å². The van der Waals surface area contributed by atoms with Gasteiger partial charge in [0, 0.05) is 5.56 Å². The summed E-state index contributed by atoms with van der Waals surface area (Å²) < 4.78 is 0.527. The molecule has 14 heavy (non-hydrogen) atoms. The first kappa shape index (κ1) is 9.43. The smallest absolute Gasteiger partial charge is 0.137 e. The van der Waals surface area contributed by atoms with Gasteiger partial charge in [0.15, 0.2) is 0 Å². The Hall–Kier alpha value is -1.13. The zero-order valence-corrected chi connectivity index (χ0v) is 8.98. The van der Waals surface area contributed by atoms with Gasteiger partial charge >= 0.3 is 0 Å². The summed E-state index contributed by atoms with van der Waals surface area (Å²) in [7, 11) is 0. The van der Waals surface area contributed by atoms with Crippen LogP contribution in [0, 0.1) is 0 Å². The van der Waals surface area contributed by atoms with E-state index >= 15 is 0 Å². The van der Waals surface area contributed by atoms with Crippen LogP contribution < -0.4 is 0 Å². The molecule has 0 atom stereocenters. The number of aromatic amines is 1. The van der Waals surface area contributed by atoms with Crippen molar-refractivity contribution in [1.29, 1.82) is 0 Å². The average Bonchev–Trinajstić information content (AvgIpc) is 2.68. The number of nitrogens with zero attached hydrogens (tertiary/aromatic N) is 1. The first-order valence-electron chi connectivity index (χ1n) is 4.11. The summed E-state index contributed by atoms with van der Waals surface area (Å²) in [5.74, 6) is 0.817. The van der Waals surface area contributed by atoms with Crippen LogP contribution in [0.15, 0.2) is 36.5 Å². The summed E-state index contributed by atoms with van der Waals surface area (Å²) in [6.07, 6.45) is 1.69. The molecule has 2 rings (SSSR count). The van der Waals surface area contributed by atoms with Gasteiger partial charge in [-0.1, -0.05) is 42.5 Å². The molecule has 0 bridgehead atoms. The van der Waals surface area contributed by atoms with E-state index in [0.29, 0.717) is 4.20 Å². The van der Waals surface area contributed by atoms with Crippen molar-refractivity contribution in [3.63, 3.8) is 0 Å². The lowest BCUT2D eigenvalue weighted by Crippen LogP contribution is -1.86. The molecule has 0 spiro atoms. The Bertz CT molecular complexity index is 448. The van der Waals surface area contributed by atoms with Gasteiger partial charge in [0.25, 0.3) is 0 Å². The van der Waals surface area contributed by atoms with Crippen molar-refractivity contribution in [3.05, 3.63) is 42.2 Å². The number of thiocarbonyl (C=S) groups is 1. The van der Waals surface area contributed by atoms with E-state index in [9.17, 15) is 0 Å². The fraction of sp³-hybridized carbons (Fsp3) is 0. The Kier molecular flexibility index (Phi) is 2.65. The van der Waals surface area contributed by atoms with Gasteiger partial charge in [-0.2, -0.15) is 0 Å². The quantitative estimate of drug-likeness (QED) is 0.602. The Morgan fingerprint density at radius 1 is 1.29 bits per heavy atom. The van der Waals surface area contributed by atoms with Crippen LogP contribution in [0.2, 0.25) is 0 Å². The highest BCUT2D eigenvalue weighted by molar-refractivity contribution is 8.11. The normalized spacial score (nSPS) is 10.1. The van der Waals surface area contributed by atoms with Gasteiger partial charge < -0.3 is 4.98 Å². The van der Waals surface area contributed by atoms with E-state index in [2.05, 4.69) is 22.6 Å². The molecular formula is C10H8N2S2. The minimum absolute atomic E-state index is 0.527. The number of H-pyrrole nitrogens is 1. The minimum Gasteiger partial charge on any atom is -0.337 e. The molecule has 0 fully saturated rings. The van der Waals surface area contributed by atoms with Crippen molar-refractivity contribution < 1.29 is 0 Å². The topological polar surface area (TPSA) is 28.7 Å². The van der Waals surface area contributed by atoms with Crippen LogP contribution in [0.5, 0.6) is 0 Å². The van der Waals surface area contributed by atoms with E-state index in [0.717, 1.165) is 17.1 Å². The molecule has 0 aliphatic carbocycles. The zero-order valence-electron chi connectivity index (χ0n) is 7.27. The SMILES string of the molecule is S=C(S)c1cnc(-c2ccccc2)[nH]1. The van der Waals surface area contributed by atoms with Crippen molar-refractivity contribution in [2.45, 2.75) is 0 Å². The van der Waals surface area contributed by atoms with Gasteiger partial charge in [0.05, 0.1) is 16.1 Å². The van der Waals surface area contributed by atoms with Crippen molar-refractivity contribution in [1.82, 2.24) is 9.97 Å². The second-order valence-corrected chi connectivity index (χ2v) is 3.97. The van der Waals surface area contributed by atoms with E-state index in [1.54, 1.807) is 6.20 Å². The van der Waals surface area contributed by atoms with Crippen LogP contribution in [-0.4, -0.2) is 14.2 Å². The maximum Gasteiger partial charge on any atom is 0.137 e. The van der Waals surface area contributed by atoms with E-state index in [1.165, 1.54) is 0 Å². The molecular weight excluding hydrogens is 212 g/mol. The Balaban J connectivity index is 2.39. The number of rotatable bonds is 2. The summed E-state index contributed by atoms with van der Waals surface area (Å²) in [4.78, 5) is 7.32. The number of hydrogen-bond donors (Lipinski definition) is 2. The van der Waals surface area contributed by atoms with Crippen LogP contribution in [-0.2, 0) is 0 Å². The van der Waals surface area contributed by atoms with E-state index in [-0.39, 0.29) is 0 Å². The predicted molar refractivity (Wildman–Crippen MR) is 64.7 cm³/mol. The molecule has 0 aliphatic heterocycles. The fourth-order valence-electron chi connectivity index (χ4n) is 1.17. The molecule has 0 saturated carbocycles. The highest BCUT2D eigenvalue weighted by atomic mass is 32.1. The third kappa shape index (κ3) is 1.86. The summed E-state index contributed by atoms with van der Waals surface area (Å²) in [6.45, 7) is 0. The number of imidazole rings is 1. The van der Waals surface area contributed by atoms with Crippen molar-refractivity contribution in [3.8, 4) is 11.4 Å². The number of benzene rings is 1. The molecule has 0 amide bonds. The lowest BCUT2D eigenvalue weighted by molar-refractivity contribution is 1.31. The molecule has 4 heteroatoms. The number of hydrogen-bond acceptors (Lipinski definition) is 2. The molecule has 1 heterocycles. The Morgan fingerprint density at radius 2 is 2.00 bits per heavy atom. The maximum absolute atomic E-state index is 4.92. The second kappa shape index (κ2) is 3.94. The molecule has 0 saturated heterocycles. The van der Waals surface area contributed by atoms with E-state index in [4.69, 9.17) is 12.2 Å². The number of nitrogens with one attached hydrogen (secondary N) is 1. The molecule has 2 aromatic rings. The maximum atomic E-state index is 4.92. The van der Waals surface area contributed by atoms with Gasteiger partial charge in [-0.05, 0) is 0 Å². The predicted octanol–water partition coefficient (Wildman–Crippen LogP) is 2.68. The van der Waals surface area contributed by atoms with E-state index in [1.807, 2.05) is 30.3 Å². The molecule has 2 nitrogen and oxygen atoms in total. The van der Waals surface area contributed by atoms with Crippen LogP contribution in [0.25, 0.3) is 11.4 Å². The third-order valence-corrected chi connectivity index (χ3v) is 2.31. The lowest BCUT2D eigenvalue weighted by Gasteiger charge is -1.94. The molecule has 1 aromatic carbocycles. The largest absolute Gasteiger partial charge is 0.337 e. The Labute approximate surface area is 92.8 Å². The number of thiol groups is 1. The first-order valence-corrected chi connectivity index (χ1v) is 4.96. The Morgan fingerprint density at radius 3 is 2.57 bits per heavy atom. The van der Waals surface area contributed by atoms with Crippen LogP contribution in [0.1, 0.15) is 5.69 Å². The zero-order chi connectivity index (χ0) is 9.97. The highest BCUT2D eigenvalue weighted by Gasteiger charge is 2.03. The van der Waals surface area contributed by atoms with Crippen molar-refractivity contribution in [2.24, 2.45) is 0 Å². The monoisotopic (exact) mass is 220 g/mol. The highest BCUT2D eigenvalue weighted by Crippen LogP contribution is 2.15. The van der Waals surface area contributed by atoms with Gasteiger partial charge in [-0.25, -0.2) is 4.98 Å². The van der Waals surface area contributed by atoms with Crippen molar-refractivity contribution >= 4 is 29.0 Å². The standard InChI is InChI=1S/C10H8N2S2/c13-10(14)8-6-11-9(12-8)7-4-2-1-3-5-7/h1-6H,(H,11,12)(H,13,14). The fourth-order valence-corrected chi connectivity index (χ4v) is 1.39. The molecule has 0 unspecified atom stereocenters. The van der Waals surface area contributed by atoms with Crippen LogP contribution in [0.4, 0.5) is 0 Å². The molecule has 1 aromatic heterocycles. The minimum atomic E-state index is 0.527. The molecule has 1 N–H and O–H groups in total. The van der Waals surface area contributed by atoms with Crippen molar-refractivity contribution in [2.75, 3.05) is 0 Å². The van der Waals surface area contributed by atoms with Gasteiger partial charge in [-0.15, -0.1) is 12.6 Å². The van der Waals surface area contributed by atoms with Gasteiger partial charge in [0.1, 0.15) is 5.82 Å². The lowest BCUT2D eigenvalue weighted by atomic mass is 10.2.